The van der Waals surface area contributed by atoms with Crippen molar-refractivity contribution < 1.29 is 23.0 Å². The van der Waals surface area contributed by atoms with Crippen LogP contribution in [0.5, 0.6) is 17.2 Å². The molecule has 0 aliphatic carbocycles. The number of nitrogens with zero attached hydrogens (tertiary/aromatic N) is 1. The molecule has 2 aromatic rings. The third-order valence-electron chi connectivity index (χ3n) is 3.11. The number of phenolic OH excluding ortho intramolecular Hbond substituents is 1. The highest BCUT2D eigenvalue weighted by Crippen LogP contribution is 2.32. The van der Waals surface area contributed by atoms with Gasteiger partial charge in [-0.3, -0.25) is 0 Å². The van der Waals surface area contributed by atoms with Gasteiger partial charge in [-0.05, 0) is 43.3 Å². The predicted molar refractivity (Wildman–Crippen MR) is 97.9 cm³/mol. The van der Waals surface area contributed by atoms with Gasteiger partial charge in [-0.2, -0.15) is 13.5 Å². The molecule has 0 radical (unpaired) electrons. The zero-order chi connectivity index (χ0) is 18.4. The summed E-state index contributed by atoms with van der Waals surface area (Å²) < 4.78 is 35.4. The van der Waals surface area contributed by atoms with Crippen LogP contribution in [0.3, 0.4) is 0 Å². The maximum absolute atomic E-state index is 12.2. The predicted octanol–water partition coefficient (Wildman–Crippen LogP) is 2.87. The van der Waals surface area contributed by atoms with Crippen LogP contribution in [0.4, 0.5) is 0 Å². The number of hydrogen-bond donors (Lipinski definition) is 2. The molecule has 134 valence electrons. The van der Waals surface area contributed by atoms with Crippen LogP contribution in [0.25, 0.3) is 0 Å². The van der Waals surface area contributed by atoms with Crippen molar-refractivity contribution in [3.05, 3.63) is 46.4 Å². The Morgan fingerprint density at radius 2 is 1.96 bits per heavy atom. The second-order valence-corrected chi connectivity index (χ2v) is 7.38. The van der Waals surface area contributed by atoms with Crippen molar-refractivity contribution >= 4 is 32.2 Å². The molecule has 0 spiro atoms. The molecule has 0 aromatic heterocycles. The number of sulfonamides is 1. The maximum Gasteiger partial charge on any atom is 0.276 e. The summed E-state index contributed by atoms with van der Waals surface area (Å²) in [5.41, 5.74) is 0.292. The van der Waals surface area contributed by atoms with E-state index in [9.17, 15) is 13.5 Å². The van der Waals surface area contributed by atoms with Gasteiger partial charge in [0, 0.05) is 10.0 Å². The molecule has 0 aliphatic heterocycles. The minimum absolute atomic E-state index is 0.0455. The average Bonchev–Trinajstić information content (AvgIpc) is 2.58. The molecule has 7 nitrogen and oxygen atoms in total. The number of nitrogens with one attached hydrogen (secondary N) is 1. The van der Waals surface area contributed by atoms with E-state index in [-0.39, 0.29) is 16.4 Å². The summed E-state index contributed by atoms with van der Waals surface area (Å²) in [6, 6.07) is 9.12. The van der Waals surface area contributed by atoms with Crippen LogP contribution in [0.2, 0.25) is 0 Å². The van der Waals surface area contributed by atoms with Gasteiger partial charge in [-0.25, -0.2) is 4.83 Å². The van der Waals surface area contributed by atoms with Gasteiger partial charge in [0.2, 0.25) is 0 Å². The van der Waals surface area contributed by atoms with Crippen LogP contribution in [0.15, 0.2) is 50.9 Å². The van der Waals surface area contributed by atoms with Crippen molar-refractivity contribution in [2.45, 2.75) is 11.8 Å². The highest BCUT2D eigenvalue weighted by molar-refractivity contribution is 9.10. The highest BCUT2D eigenvalue weighted by atomic mass is 79.9. The van der Waals surface area contributed by atoms with Crippen molar-refractivity contribution in [3.8, 4) is 17.2 Å². The Kier molecular flexibility index (Phi) is 6.27. The van der Waals surface area contributed by atoms with E-state index in [1.54, 1.807) is 24.3 Å². The number of phenols is 1. The largest absolute Gasteiger partial charge is 0.504 e. The van der Waals surface area contributed by atoms with Crippen LogP contribution in [0.1, 0.15) is 12.5 Å². The van der Waals surface area contributed by atoms with E-state index >= 15 is 0 Å². The van der Waals surface area contributed by atoms with Gasteiger partial charge < -0.3 is 14.6 Å². The van der Waals surface area contributed by atoms with Crippen LogP contribution in [-0.4, -0.2) is 33.5 Å². The molecule has 0 saturated carbocycles. The number of ether oxygens (including phenoxy) is 2. The molecule has 2 N–H and O–H groups in total. The van der Waals surface area contributed by atoms with E-state index in [2.05, 4.69) is 25.9 Å². The molecule has 0 amide bonds. The summed E-state index contributed by atoms with van der Waals surface area (Å²) in [5.74, 6) is 0.677. The van der Waals surface area contributed by atoms with Gasteiger partial charge in [0.05, 0.1) is 24.8 Å². The van der Waals surface area contributed by atoms with Crippen LogP contribution in [0, 0.1) is 0 Å². The minimum Gasteiger partial charge on any atom is -0.504 e. The third-order valence-corrected chi connectivity index (χ3v) is 4.81. The summed E-state index contributed by atoms with van der Waals surface area (Å²) >= 11 is 3.27. The molecule has 9 heteroatoms. The number of hydrazone groups is 1. The Hall–Kier alpha value is -2.26. The molecular formula is C16H17BrN2O5S. The molecule has 2 aromatic carbocycles. The van der Waals surface area contributed by atoms with Crippen LogP contribution < -0.4 is 14.3 Å². The zero-order valence-electron chi connectivity index (χ0n) is 13.6. The van der Waals surface area contributed by atoms with Crippen molar-refractivity contribution in [1.29, 1.82) is 0 Å². The topological polar surface area (TPSA) is 97.2 Å². The fraction of sp³-hybridized carbons (Fsp3) is 0.188. The van der Waals surface area contributed by atoms with Crippen molar-refractivity contribution in [1.82, 2.24) is 4.83 Å². The van der Waals surface area contributed by atoms with Crippen molar-refractivity contribution in [2.75, 3.05) is 13.7 Å². The van der Waals surface area contributed by atoms with Crippen LogP contribution >= 0.6 is 15.9 Å². The van der Waals surface area contributed by atoms with Gasteiger partial charge in [-0.1, -0.05) is 15.9 Å². The van der Waals surface area contributed by atoms with Gasteiger partial charge in [0.25, 0.3) is 10.0 Å². The summed E-state index contributed by atoms with van der Waals surface area (Å²) in [6.07, 6.45) is 1.19. The number of methoxy groups -OCH3 is 1. The molecule has 25 heavy (non-hydrogen) atoms. The lowest BCUT2D eigenvalue weighted by Gasteiger charge is -2.07. The Morgan fingerprint density at radius 3 is 2.56 bits per heavy atom. The van der Waals surface area contributed by atoms with E-state index < -0.39 is 10.0 Å². The van der Waals surface area contributed by atoms with E-state index in [4.69, 9.17) is 9.47 Å². The smallest absolute Gasteiger partial charge is 0.276 e. The van der Waals surface area contributed by atoms with Crippen LogP contribution in [-0.2, 0) is 10.0 Å². The first-order chi connectivity index (χ1) is 11.9. The monoisotopic (exact) mass is 428 g/mol. The molecule has 0 unspecified atom stereocenters. The number of hydrogen-bond acceptors (Lipinski definition) is 6. The summed E-state index contributed by atoms with van der Waals surface area (Å²) in [4.78, 5) is 2.14. The Morgan fingerprint density at radius 1 is 1.28 bits per heavy atom. The molecule has 0 bridgehead atoms. The summed E-state index contributed by atoms with van der Waals surface area (Å²) in [7, 11) is -2.42. The van der Waals surface area contributed by atoms with Crippen molar-refractivity contribution in [3.63, 3.8) is 0 Å². The fourth-order valence-electron chi connectivity index (χ4n) is 1.95. The van der Waals surface area contributed by atoms with Gasteiger partial charge in [0.15, 0.2) is 11.5 Å². The molecule has 0 atom stereocenters. The molecule has 0 saturated heterocycles. The third kappa shape index (κ3) is 4.86. The molecule has 2 rings (SSSR count). The normalized spacial score (nSPS) is 11.5. The zero-order valence-corrected chi connectivity index (χ0v) is 16.0. The lowest BCUT2D eigenvalue weighted by atomic mass is 10.2. The lowest BCUT2D eigenvalue weighted by Crippen LogP contribution is -2.18. The Labute approximate surface area is 154 Å². The number of rotatable bonds is 7. The average molecular weight is 429 g/mol. The number of aromatic hydroxyl groups is 1. The van der Waals surface area contributed by atoms with E-state index in [1.807, 2.05) is 6.92 Å². The first-order valence-corrected chi connectivity index (χ1v) is 9.49. The van der Waals surface area contributed by atoms with Gasteiger partial charge in [0.1, 0.15) is 5.75 Å². The summed E-state index contributed by atoms with van der Waals surface area (Å²) in [5, 5.41) is 13.7. The SMILES string of the molecule is CCOc1ccc(S(=O)(=O)N/N=C/c2cc(Br)cc(OC)c2O)cc1. The molecular weight excluding hydrogens is 412 g/mol. The second kappa shape index (κ2) is 8.21. The standard InChI is InChI=1S/C16H17BrN2O5S/c1-3-24-13-4-6-14(7-5-13)25(21,22)19-18-10-11-8-12(17)9-15(23-2)16(11)20/h4-10,19-20H,3H2,1-2H3/b18-10+. The summed E-state index contributed by atoms with van der Waals surface area (Å²) in [6.45, 7) is 2.33. The van der Waals surface area contributed by atoms with E-state index in [1.165, 1.54) is 25.5 Å². The maximum atomic E-state index is 12.2. The first-order valence-electron chi connectivity index (χ1n) is 7.21. The first kappa shape index (κ1) is 19.1. The Bertz CT molecular complexity index is 867. The highest BCUT2D eigenvalue weighted by Gasteiger charge is 2.13. The second-order valence-electron chi connectivity index (χ2n) is 4.80. The minimum atomic E-state index is -3.83. The van der Waals surface area contributed by atoms with E-state index in [0.29, 0.717) is 22.4 Å². The fourth-order valence-corrected chi connectivity index (χ4v) is 3.19. The number of halogens is 1. The van der Waals surface area contributed by atoms with E-state index in [0.717, 1.165) is 0 Å². The quantitative estimate of drug-likeness (QED) is 0.521. The van der Waals surface area contributed by atoms with Gasteiger partial charge in [-0.15, -0.1) is 0 Å². The number of benzene rings is 2. The van der Waals surface area contributed by atoms with Gasteiger partial charge >= 0.3 is 0 Å². The lowest BCUT2D eigenvalue weighted by molar-refractivity contribution is 0.340. The molecule has 0 heterocycles. The Balaban J connectivity index is 2.16. The molecule has 0 aliphatic rings. The molecule has 0 fully saturated rings. The van der Waals surface area contributed by atoms with Crippen molar-refractivity contribution in [2.24, 2.45) is 5.10 Å².